The number of amides is 1. The fourth-order valence-corrected chi connectivity index (χ4v) is 4.06. The van der Waals surface area contributed by atoms with E-state index in [-0.39, 0.29) is 17.1 Å². The van der Waals surface area contributed by atoms with Gasteiger partial charge >= 0.3 is 12.1 Å². The van der Waals surface area contributed by atoms with E-state index in [0.29, 0.717) is 5.75 Å². The number of carboxylic acids is 1. The molecule has 0 aliphatic carbocycles. The molecule has 1 atom stereocenters. The topological polar surface area (TPSA) is 119 Å². The molecule has 2 N–H and O–H groups in total. The summed E-state index contributed by atoms with van der Waals surface area (Å²) < 4.78 is 10.5. The molecule has 10 heteroatoms. The predicted molar refractivity (Wildman–Crippen MR) is 105 cm³/mol. The second kappa shape index (κ2) is 9.01. The van der Waals surface area contributed by atoms with Gasteiger partial charge in [-0.3, -0.25) is 9.59 Å². The number of hydrogen-bond acceptors (Lipinski definition) is 8. The van der Waals surface area contributed by atoms with Gasteiger partial charge in [0.2, 0.25) is 5.43 Å². The number of aliphatic carboxylic acids is 1. The Morgan fingerprint density at radius 2 is 1.67 bits per heavy atom. The molecule has 0 aliphatic heterocycles. The fourth-order valence-electron chi connectivity index (χ4n) is 1.80. The molecule has 1 aromatic carbocycles. The molecular weight excluding hydrogens is 394 g/mol. The van der Waals surface area contributed by atoms with Gasteiger partial charge in [-0.05, 0) is 58.8 Å². The number of alkyl carbamates (subject to hydrolysis) is 1. The maximum absolute atomic E-state index is 11.7. The van der Waals surface area contributed by atoms with E-state index >= 15 is 0 Å². The highest BCUT2D eigenvalue weighted by atomic mass is 33.1. The van der Waals surface area contributed by atoms with Gasteiger partial charge in [0.05, 0.1) is 0 Å². The van der Waals surface area contributed by atoms with Gasteiger partial charge in [0, 0.05) is 5.75 Å². The van der Waals surface area contributed by atoms with Crippen LogP contribution in [0.15, 0.2) is 14.5 Å². The van der Waals surface area contributed by atoms with Crippen LogP contribution in [0.4, 0.5) is 4.79 Å². The van der Waals surface area contributed by atoms with Gasteiger partial charge in [-0.1, -0.05) is 10.8 Å². The van der Waals surface area contributed by atoms with Crippen LogP contribution in [0.3, 0.4) is 0 Å². The summed E-state index contributed by atoms with van der Waals surface area (Å²) in [7, 11) is 2.28. The van der Waals surface area contributed by atoms with E-state index in [0.717, 1.165) is 10.8 Å². The summed E-state index contributed by atoms with van der Waals surface area (Å²) in [6.45, 7) is 10.3. The van der Waals surface area contributed by atoms with Crippen molar-refractivity contribution in [1.29, 1.82) is 0 Å². The van der Waals surface area contributed by atoms with Crippen molar-refractivity contribution in [2.45, 2.75) is 70.1 Å². The maximum Gasteiger partial charge on any atom is 0.408 e. The Balaban J connectivity index is 2.55. The first kappa shape index (κ1) is 23.4. The van der Waals surface area contributed by atoms with E-state index in [1.54, 1.807) is 41.5 Å². The van der Waals surface area contributed by atoms with Crippen molar-refractivity contribution in [1.82, 2.24) is 5.32 Å². The Morgan fingerprint density at radius 1 is 1.07 bits per heavy atom. The van der Waals surface area contributed by atoms with E-state index in [1.807, 2.05) is 0 Å². The van der Waals surface area contributed by atoms with Gasteiger partial charge in [0.15, 0.2) is 5.75 Å². The van der Waals surface area contributed by atoms with Gasteiger partial charge in [-0.15, -0.1) is 0 Å². The molecule has 0 aromatic heterocycles. The van der Waals surface area contributed by atoms with Crippen molar-refractivity contribution in [3.63, 3.8) is 0 Å². The third-order valence-electron chi connectivity index (χ3n) is 2.85. The zero-order valence-corrected chi connectivity index (χ0v) is 17.8. The number of carboxylic acid groups (broad SMARTS) is 1. The van der Waals surface area contributed by atoms with Crippen LogP contribution in [0.1, 0.15) is 48.0 Å². The van der Waals surface area contributed by atoms with Gasteiger partial charge in [0.25, 0.3) is 5.43 Å². The Bertz CT molecular complexity index is 755. The summed E-state index contributed by atoms with van der Waals surface area (Å²) in [4.78, 5) is 46.5. The van der Waals surface area contributed by atoms with Crippen LogP contribution in [-0.2, 0) is 9.53 Å². The molecule has 27 heavy (non-hydrogen) atoms. The number of hydrogen-bond donors (Lipinski definition) is 2. The van der Waals surface area contributed by atoms with Crippen LogP contribution in [0.5, 0.6) is 5.75 Å². The average Bonchev–Trinajstić information content (AvgIpc) is 2.48. The molecule has 0 heterocycles. The van der Waals surface area contributed by atoms with Crippen molar-refractivity contribution in [2.24, 2.45) is 0 Å². The molecular formula is C17H25NO7S2. The number of nitrogens with one attached hydrogen (secondary N) is 1. The second-order valence-electron chi connectivity index (χ2n) is 7.76. The molecule has 0 saturated carbocycles. The first-order valence-corrected chi connectivity index (χ1v) is 10.6. The third-order valence-corrected chi connectivity index (χ3v) is 5.27. The standard InChI is InChI=1S/C17H25NO7S2/c1-16(2,3)24-12-10(19)11(20)13(12)27-26-8-7-9(14(21)22)18-15(23)25-17(4,5)6/h9H,7-8H2,1-6H3,(H,18,23)(H,21,22)/t9-/m0/s1. The van der Waals surface area contributed by atoms with Crippen molar-refractivity contribution in [3.8, 4) is 5.75 Å². The van der Waals surface area contributed by atoms with Crippen molar-refractivity contribution < 1.29 is 24.2 Å². The molecule has 1 aromatic rings. The number of carbonyl (C=O) groups excluding carboxylic acids is 1. The molecule has 0 saturated heterocycles. The van der Waals surface area contributed by atoms with Crippen LogP contribution >= 0.6 is 21.6 Å². The van der Waals surface area contributed by atoms with Gasteiger partial charge in [0.1, 0.15) is 22.1 Å². The Labute approximate surface area is 165 Å². The summed E-state index contributed by atoms with van der Waals surface area (Å²) in [5.74, 6) is -0.811. The minimum absolute atomic E-state index is 0.0478. The van der Waals surface area contributed by atoms with Crippen molar-refractivity contribution in [2.75, 3.05) is 5.75 Å². The molecule has 1 amide bonds. The molecule has 0 radical (unpaired) electrons. The lowest BCUT2D eigenvalue weighted by Crippen LogP contribution is -2.43. The summed E-state index contributed by atoms with van der Waals surface area (Å²) in [5.41, 5.74) is -2.59. The first-order valence-electron chi connectivity index (χ1n) is 8.25. The third kappa shape index (κ3) is 7.84. The van der Waals surface area contributed by atoms with Crippen LogP contribution in [0, 0.1) is 0 Å². The van der Waals surface area contributed by atoms with Gasteiger partial charge in [-0.2, -0.15) is 0 Å². The van der Waals surface area contributed by atoms with Gasteiger partial charge < -0.3 is 19.9 Å². The molecule has 8 nitrogen and oxygen atoms in total. The zero-order valence-electron chi connectivity index (χ0n) is 16.2. The van der Waals surface area contributed by atoms with Crippen molar-refractivity contribution >= 4 is 33.7 Å². The van der Waals surface area contributed by atoms with Crippen molar-refractivity contribution in [3.05, 3.63) is 20.4 Å². The molecule has 0 bridgehead atoms. The lowest BCUT2D eigenvalue weighted by Gasteiger charge is -2.23. The number of ether oxygens (including phenoxy) is 2. The molecule has 152 valence electrons. The highest BCUT2D eigenvalue weighted by Crippen LogP contribution is 2.36. The monoisotopic (exact) mass is 419 g/mol. The summed E-state index contributed by atoms with van der Waals surface area (Å²) in [6.07, 6.45) is -0.687. The molecule has 0 unspecified atom stereocenters. The minimum Gasteiger partial charge on any atom is -0.483 e. The van der Waals surface area contributed by atoms with Gasteiger partial charge in [-0.25, -0.2) is 9.59 Å². The van der Waals surface area contributed by atoms with Crippen LogP contribution in [0.25, 0.3) is 0 Å². The number of carbonyl (C=O) groups is 2. The summed E-state index contributed by atoms with van der Waals surface area (Å²) in [6, 6.07) is -1.12. The SMILES string of the molecule is CC(C)(C)OC(=O)N[C@@H](CCSSc1c(OC(C)(C)C)c(=O)c1=O)C(=O)O. The predicted octanol–water partition coefficient (Wildman–Crippen LogP) is 2.57. The highest BCUT2D eigenvalue weighted by Gasteiger charge is 2.28. The fraction of sp³-hybridized carbons (Fsp3) is 0.647. The smallest absolute Gasteiger partial charge is 0.408 e. The molecule has 0 fully saturated rings. The average molecular weight is 420 g/mol. The molecule has 0 spiro atoms. The van der Waals surface area contributed by atoms with Crippen LogP contribution < -0.4 is 20.9 Å². The Morgan fingerprint density at radius 3 is 2.15 bits per heavy atom. The first-order chi connectivity index (χ1) is 12.2. The molecule has 0 aliphatic rings. The quantitative estimate of drug-likeness (QED) is 0.372. The van der Waals surface area contributed by atoms with E-state index in [4.69, 9.17) is 9.47 Å². The zero-order chi connectivity index (χ0) is 21.0. The Kier molecular flexibility index (Phi) is 7.79. The summed E-state index contributed by atoms with van der Waals surface area (Å²) >= 11 is 0. The second-order valence-corrected chi connectivity index (χ2v) is 10.2. The van der Waals surface area contributed by atoms with E-state index in [2.05, 4.69) is 5.32 Å². The van der Waals surface area contributed by atoms with E-state index in [1.165, 1.54) is 10.8 Å². The maximum atomic E-state index is 11.7. The van der Waals surface area contributed by atoms with E-state index in [9.17, 15) is 24.3 Å². The summed E-state index contributed by atoms with van der Waals surface area (Å²) in [5, 5.41) is 11.5. The minimum atomic E-state index is -1.18. The van der Waals surface area contributed by atoms with Crippen LogP contribution in [0.2, 0.25) is 0 Å². The highest BCUT2D eigenvalue weighted by molar-refractivity contribution is 8.76. The van der Waals surface area contributed by atoms with E-state index < -0.39 is 40.2 Å². The lowest BCUT2D eigenvalue weighted by atomic mass is 10.2. The largest absolute Gasteiger partial charge is 0.483 e. The molecule has 1 rings (SSSR count). The number of rotatable bonds is 8. The lowest BCUT2D eigenvalue weighted by molar-refractivity contribution is -0.139. The normalized spacial score (nSPS) is 13.3. The Hall–Kier alpha value is -1.68. The van der Waals surface area contributed by atoms with Crippen LogP contribution in [-0.4, -0.2) is 40.2 Å².